The Morgan fingerprint density at radius 3 is 2.06 bits per heavy atom. The van der Waals surface area contributed by atoms with E-state index in [1.807, 2.05) is 0 Å². The Hall–Kier alpha value is -3.17. The molecule has 3 amide bonds. The van der Waals surface area contributed by atoms with Crippen molar-refractivity contribution < 1.29 is 33.3 Å². The highest BCUT2D eigenvalue weighted by molar-refractivity contribution is 5.95. The van der Waals surface area contributed by atoms with Crippen molar-refractivity contribution >= 4 is 17.9 Å². The molecule has 0 spiro atoms. The molecule has 1 aliphatic rings. The van der Waals surface area contributed by atoms with E-state index in [-0.39, 0.29) is 30.8 Å². The predicted octanol–water partition coefficient (Wildman–Crippen LogP) is 2.35. The van der Waals surface area contributed by atoms with Gasteiger partial charge >= 0.3 is 6.09 Å². The third kappa shape index (κ3) is 7.73. The van der Waals surface area contributed by atoms with E-state index in [4.69, 9.17) is 18.9 Å². The zero-order valence-electron chi connectivity index (χ0n) is 20.3. The van der Waals surface area contributed by atoms with Gasteiger partial charge in [-0.3, -0.25) is 9.59 Å². The van der Waals surface area contributed by atoms with Crippen LogP contribution in [-0.2, 0) is 9.53 Å². The van der Waals surface area contributed by atoms with Crippen molar-refractivity contribution in [1.29, 1.82) is 0 Å². The fourth-order valence-corrected chi connectivity index (χ4v) is 3.50. The number of rotatable bonds is 8. The summed E-state index contributed by atoms with van der Waals surface area (Å²) < 4.78 is 21.1. The molecule has 1 saturated heterocycles. The maximum absolute atomic E-state index is 12.8. The van der Waals surface area contributed by atoms with E-state index in [2.05, 4.69) is 10.6 Å². The smallest absolute Gasteiger partial charge is 0.407 e. The van der Waals surface area contributed by atoms with Crippen molar-refractivity contribution in [2.45, 2.75) is 51.7 Å². The number of methoxy groups -OCH3 is 3. The van der Waals surface area contributed by atoms with Crippen molar-refractivity contribution in [1.82, 2.24) is 15.5 Å². The van der Waals surface area contributed by atoms with Crippen LogP contribution in [0.15, 0.2) is 12.1 Å². The Labute approximate surface area is 194 Å². The molecular formula is C23H35N3O7. The molecule has 33 heavy (non-hydrogen) atoms. The van der Waals surface area contributed by atoms with Gasteiger partial charge < -0.3 is 34.5 Å². The molecule has 1 aliphatic heterocycles. The van der Waals surface area contributed by atoms with Crippen molar-refractivity contribution in [3.8, 4) is 17.2 Å². The standard InChI is InChI=1S/C23H35N3O7/c1-23(2,3)33-22(29)24-10-7-19(27)26-11-8-16(9-12-26)25-21(28)15-13-17(30-4)20(32-6)18(14-15)31-5/h13-14,16H,7-12H2,1-6H3,(H,24,29)(H,25,28). The Kier molecular flexibility index (Phi) is 9.19. The van der Waals surface area contributed by atoms with Crippen LogP contribution in [0.2, 0.25) is 0 Å². The van der Waals surface area contributed by atoms with E-state index in [9.17, 15) is 14.4 Å². The molecule has 0 aromatic heterocycles. The number of piperidine rings is 1. The fraction of sp³-hybridized carbons (Fsp3) is 0.609. The number of nitrogens with one attached hydrogen (secondary N) is 2. The molecule has 0 atom stereocenters. The molecular weight excluding hydrogens is 430 g/mol. The number of carbonyl (C=O) groups is 3. The van der Waals surface area contributed by atoms with Gasteiger partial charge in [-0.1, -0.05) is 0 Å². The molecule has 1 aromatic rings. The minimum Gasteiger partial charge on any atom is -0.493 e. The van der Waals surface area contributed by atoms with Gasteiger partial charge in [-0.2, -0.15) is 0 Å². The topological polar surface area (TPSA) is 115 Å². The second-order valence-corrected chi connectivity index (χ2v) is 8.72. The summed E-state index contributed by atoms with van der Waals surface area (Å²) in [5.41, 5.74) is -0.182. The minimum atomic E-state index is -0.581. The monoisotopic (exact) mass is 465 g/mol. The van der Waals surface area contributed by atoms with E-state index in [1.165, 1.54) is 21.3 Å². The predicted molar refractivity (Wildman–Crippen MR) is 122 cm³/mol. The van der Waals surface area contributed by atoms with Crippen LogP contribution in [0.4, 0.5) is 4.79 Å². The van der Waals surface area contributed by atoms with Gasteiger partial charge in [0.2, 0.25) is 11.7 Å². The SMILES string of the molecule is COc1cc(C(=O)NC2CCN(C(=O)CCNC(=O)OC(C)(C)C)CC2)cc(OC)c1OC. The highest BCUT2D eigenvalue weighted by atomic mass is 16.6. The number of carbonyl (C=O) groups excluding carboxylic acids is 3. The summed E-state index contributed by atoms with van der Waals surface area (Å²) in [7, 11) is 4.49. The van der Waals surface area contributed by atoms with Gasteiger partial charge in [-0.25, -0.2) is 4.79 Å². The van der Waals surface area contributed by atoms with Crippen molar-refractivity contribution in [2.75, 3.05) is 41.0 Å². The Morgan fingerprint density at radius 2 is 1.58 bits per heavy atom. The van der Waals surface area contributed by atoms with Crippen molar-refractivity contribution in [3.05, 3.63) is 17.7 Å². The van der Waals surface area contributed by atoms with Crippen LogP contribution in [0.5, 0.6) is 17.2 Å². The molecule has 184 valence electrons. The van der Waals surface area contributed by atoms with Crippen LogP contribution in [0.3, 0.4) is 0 Å². The van der Waals surface area contributed by atoms with E-state index >= 15 is 0 Å². The number of benzene rings is 1. The highest BCUT2D eigenvalue weighted by Crippen LogP contribution is 2.38. The number of alkyl carbamates (subject to hydrolysis) is 1. The van der Waals surface area contributed by atoms with E-state index in [1.54, 1.807) is 37.8 Å². The first kappa shape index (κ1) is 26.1. The first-order valence-electron chi connectivity index (χ1n) is 10.9. The number of hydrogen-bond donors (Lipinski definition) is 2. The Morgan fingerprint density at radius 1 is 1.00 bits per heavy atom. The molecule has 0 saturated carbocycles. The van der Waals surface area contributed by atoms with E-state index in [0.717, 1.165) is 0 Å². The molecule has 1 fully saturated rings. The zero-order valence-corrected chi connectivity index (χ0v) is 20.3. The molecule has 2 rings (SSSR count). The summed E-state index contributed by atoms with van der Waals surface area (Å²) in [5, 5.41) is 5.61. The van der Waals surface area contributed by atoms with Gasteiger partial charge in [0.25, 0.3) is 5.91 Å². The molecule has 1 heterocycles. The number of nitrogens with zero attached hydrogens (tertiary/aromatic N) is 1. The summed E-state index contributed by atoms with van der Waals surface area (Å²) in [6.45, 7) is 6.62. The summed E-state index contributed by atoms with van der Waals surface area (Å²) in [4.78, 5) is 38.6. The Balaban J connectivity index is 1.82. The first-order chi connectivity index (χ1) is 15.6. The largest absolute Gasteiger partial charge is 0.493 e. The van der Waals surface area contributed by atoms with Gasteiger partial charge in [0.1, 0.15) is 5.60 Å². The lowest BCUT2D eigenvalue weighted by atomic mass is 10.0. The molecule has 10 nitrogen and oxygen atoms in total. The molecule has 10 heteroatoms. The first-order valence-corrected chi connectivity index (χ1v) is 10.9. The maximum atomic E-state index is 12.8. The van der Waals surface area contributed by atoms with E-state index < -0.39 is 11.7 Å². The van der Waals surface area contributed by atoms with Crippen LogP contribution in [-0.4, -0.2) is 75.4 Å². The molecule has 2 N–H and O–H groups in total. The zero-order chi connectivity index (χ0) is 24.6. The van der Waals surface area contributed by atoms with Gasteiger partial charge in [0, 0.05) is 37.7 Å². The number of ether oxygens (including phenoxy) is 4. The Bertz CT molecular complexity index is 818. The van der Waals surface area contributed by atoms with Gasteiger partial charge in [-0.05, 0) is 45.7 Å². The van der Waals surface area contributed by atoms with Crippen LogP contribution >= 0.6 is 0 Å². The second kappa shape index (κ2) is 11.6. The van der Waals surface area contributed by atoms with Gasteiger partial charge in [-0.15, -0.1) is 0 Å². The molecule has 0 aliphatic carbocycles. The van der Waals surface area contributed by atoms with Crippen LogP contribution in [0.1, 0.15) is 50.4 Å². The average molecular weight is 466 g/mol. The van der Waals surface area contributed by atoms with Gasteiger partial charge in [0.05, 0.1) is 21.3 Å². The number of hydrogen-bond acceptors (Lipinski definition) is 7. The molecule has 0 bridgehead atoms. The van der Waals surface area contributed by atoms with Crippen LogP contribution in [0.25, 0.3) is 0 Å². The summed E-state index contributed by atoms with van der Waals surface area (Å²) in [6.07, 6.45) is 0.938. The normalized spacial score (nSPS) is 14.3. The maximum Gasteiger partial charge on any atom is 0.407 e. The lowest BCUT2D eigenvalue weighted by Crippen LogP contribution is -2.47. The van der Waals surface area contributed by atoms with Crippen LogP contribution in [0, 0.1) is 0 Å². The lowest BCUT2D eigenvalue weighted by molar-refractivity contribution is -0.132. The molecule has 0 unspecified atom stereocenters. The average Bonchev–Trinajstić information content (AvgIpc) is 2.77. The molecule has 0 radical (unpaired) electrons. The molecule has 1 aromatic carbocycles. The number of likely N-dealkylation sites (tertiary alicyclic amines) is 1. The second-order valence-electron chi connectivity index (χ2n) is 8.72. The van der Waals surface area contributed by atoms with Gasteiger partial charge in [0.15, 0.2) is 11.5 Å². The van der Waals surface area contributed by atoms with Crippen molar-refractivity contribution in [3.63, 3.8) is 0 Å². The minimum absolute atomic E-state index is 0.0412. The number of amides is 3. The summed E-state index contributed by atoms with van der Waals surface area (Å²) in [5.74, 6) is 0.940. The summed E-state index contributed by atoms with van der Waals surface area (Å²) in [6, 6.07) is 3.15. The third-order valence-corrected chi connectivity index (χ3v) is 5.12. The van der Waals surface area contributed by atoms with Crippen molar-refractivity contribution in [2.24, 2.45) is 0 Å². The fourth-order valence-electron chi connectivity index (χ4n) is 3.50. The highest BCUT2D eigenvalue weighted by Gasteiger charge is 2.25. The lowest BCUT2D eigenvalue weighted by Gasteiger charge is -2.32. The van der Waals surface area contributed by atoms with Crippen LogP contribution < -0.4 is 24.8 Å². The van der Waals surface area contributed by atoms with E-state index in [0.29, 0.717) is 48.7 Å². The third-order valence-electron chi connectivity index (χ3n) is 5.12. The summed E-state index contributed by atoms with van der Waals surface area (Å²) >= 11 is 0. The quantitative estimate of drug-likeness (QED) is 0.605.